The number of benzodiazepines with no additional fused rings is 1. The van der Waals surface area contributed by atoms with E-state index >= 15 is 0 Å². The minimum atomic E-state index is -4.45. The van der Waals surface area contributed by atoms with Gasteiger partial charge in [-0.2, -0.15) is 13.2 Å². The van der Waals surface area contributed by atoms with Gasteiger partial charge in [0.25, 0.3) is 5.91 Å². The van der Waals surface area contributed by atoms with Gasteiger partial charge in [0.1, 0.15) is 11.6 Å². The molecular weight excluding hydrogens is 605 g/mol. The molecular formula is C33H41F3N4O6. The minimum absolute atomic E-state index is 0.112. The number of aliphatic imine (C=N–C) groups is 1. The van der Waals surface area contributed by atoms with E-state index in [0.29, 0.717) is 22.5 Å². The van der Waals surface area contributed by atoms with Crippen LogP contribution in [-0.2, 0) is 23.9 Å². The van der Waals surface area contributed by atoms with Crippen LogP contribution in [0.25, 0.3) is 0 Å². The largest absolute Gasteiger partial charge is 0.444 e. The number of alkyl carbamates (subject to hydrolysis) is 1. The number of ether oxygens (including phenoxy) is 2. The molecule has 1 heterocycles. The van der Waals surface area contributed by atoms with E-state index in [9.17, 15) is 32.3 Å². The van der Waals surface area contributed by atoms with E-state index in [-0.39, 0.29) is 6.42 Å². The highest BCUT2D eigenvalue weighted by molar-refractivity contribution is 6.20. The lowest BCUT2D eigenvalue weighted by atomic mass is 9.99. The first-order chi connectivity index (χ1) is 21.5. The average Bonchev–Trinajstić information content (AvgIpc) is 3.08. The van der Waals surface area contributed by atoms with E-state index in [1.807, 2.05) is 0 Å². The van der Waals surface area contributed by atoms with Gasteiger partial charge in [0, 0.05) is 23.5 Å². The molecule has 1 aliphatic rings. The van der Waals surface area contributed by atoms with Crippen molar-refractivity contribution in [2.75, 3.05) is 11.6 Å². The number of anilines is 1. The molecule has 0 fully saturated rings. The monoisotopic (exact) mass is 646 g/mol. The summed E-state index contributed by atoms with van der Waals surface area (Å²) in [6.07, 6.45) is -8.31. The molecule has 10 nitrogen and oxygen atoms in total. The van der Waals surface area contributed by atoms with E-state index in [4.69, 9.17) is 9.47 Å². The predicted molar refractivity (Wildman–Crippen MR) is 166 cm³/mol. The minimum Gasteiger partial charge on any atom is -0.444 e. The number of rotatable bonds is 11. The first-order valence-corrected chi connectivity index (χ1v) is 15.1. The van der Waals surface area contributed by atoms with Crippen LogP contribution >= 0.6 is 0 Å². The molecule has 1 unspecified atom stereocenters. The molecule has 2 aromatic rings. The van der Waals surface area contributed by atoms with E-state index in [0.717, 1.165) is 4.90 Å². The highest BCUT2D eigenvalue weighted by Crippen LogP contribution is 2.29. The summed E-state index contributed by atoms with van der Waals surface area (Å²) < 4.78 is 49.7. The molecule has 3 rings (SSSR count). The molecule has 2 N–H and O–H groups in total. The van der Waals surface area contributed by atoms with E-state index < -0.39 is 79.3 Å². The summed E-state index contributed by atoms with van der Waals surface area (Å²) in [7, 11) is 0. The standard InChI is InChI=1S/C33H41F3N4O6/c1-7-21(17-18-33(34,35)36)28(41)39-27-29(42)40(19-45-30(43)25(20(2)3)38-31(44)46-32(4,5)6)24-16-12-11-15-23(24)26(37-27)22-13-9-8-10-14-22/h8-16,20-21,25,27H,7,17-19H2,1-6H3,(H,38,44)(H,39,41)/t21-,25?,27+/m0/s1. The molecule has 0 saturated heterocycles. The van der Waals surface area contributed by atoms with Gasteiger partial charge >= 0.3 is 18.2 Å². The van der Waals surface area contributed by atoms with Gasteiger partial charge < -0.3 is 20.1 Å². The number of halogens is 3. The topological polar surface area (TPSA) is 126 Å². The summed E-state index contributed by atoms with van der Waals surface area (Å²) in [5, 5.41) is 5.05. The zero-order valence-electron chi connectivity index (χ0n) is 26.8. The van der Waals surface area contributed by atoms with Crippen LogP contribution in [0, 0.1) is 11.8 Å². The number of para-hydroxylation sites is 1. The van der Waals surface area contributed by atoms with Crippen molar-refractivity contribution in [1.82, 2.24) is 10.6 Å². The second-order valence-corrected chi connectivity index (χ2v) is 12.3. The van der Waals surface area contributed by atoms with E-state index in [1.165, 1.54) is 0 Å². The number of benzene rings is 2. The molecule has 2 aromatic carbocycles. The number of esters is 1. The Kier molecular flexibility index (Phi) is 11.9. The lowest BCUT2D eigenvalue weighted by Gasteiger charge is -2.28. The number of amides is 3. The van der Waals surface area contributed by atoms with Crippen molar-refractivity contribution in [3.05, 3.63) is 65.7 Å². The van der Waals surface area contributed by atoms with Crippen LogP contribution in [0.2, 0.25) is 0 Å². The van der Waals surface area contributed by atoms with Crippen LogP contribution in [0.5, 0.6) is 0 Å². The number of hydrogen-bond acceptors (Lipinski definition) is 7. The number of fused-ring (bicyclic) bond motifs is 1. The van der Waals surface area contributed by atoms with E-state index in [2.05, 4.69) is 15.6 Å². The van der Waals surface area contributed by atoms with Gasteiger partial charge in [0.05, 0.1) is 11.4 Å². The Labute approximate surface area is 266 Å². The number of nitrogens with zero attached hydrogens (tertiary/aromatic N) is 2. The summed E-state index contributed by atoms with van der Waals surface area (Å²) in [5.41, 5.74) is 0.971. The van der Waals surface area contributed by atoms with Crippen LogP contribution in [0.4, 0.5) is 23.7 Å². The molecule has 3 atom stereocenters. The fourth-order valence-corrected chi connectivity index (χ4v) is 4.74. The van der Waals surface area contributed by atoms with Crippen LogP contribution in [0.15, 0.2) is 59.6 Å². The van der Waals surface area contributed by atoms with E-state index in [1.54, 1.807) is 96.1 Å². The number of hydrogen-bond donors (Lipinski definition) is 2. The fraction of sp³-hybridized carbons (Fsp3) is 0.485. The fourth-order valence-electron chi connectivity index (χ4n) is 4.74. The molecule has 0 aromatic heterocycles. The Hall–Kier alpha value is -4.42. The van der Waals surface area contributed by atoms with Crippen LogP contribution in [-0.4, -0.2) is 60.3 Å². The smallest absolute Gasteiger partial charge is 0.408 e. The zero-order valence-corrected chi connectivity index (χ0v) is 26.8. The van der Waals surface area contributed by atoms with Crippen LogP contribution < -0.4 is 15.5 Å². The highest BCUT2D eigenvalue weighted by atomic mass is 19.4. The third-order valence-electron chi connectivity index (χ3n) is 7.10. The lowest BCUT2D eigenvalue weighted by Crippen LogP contribution is -2.51. The molecule has 0 saturated carbocycles. The van der Waals surface area contributed by atoms with Crippen LogP contribution in [0.3, 0.4) is 0 Å². The van der Waals surface area contributed by atoms with Crippen molar-refractivity contribution < 1.29 is 41.8 Å². The maximum Gasteiger partial charge on any atom is 0.408 e. The van der Waals surface area contributed by atoms with Gasteiger partial charge in [0.2, 0.25) is 12.1 Å². The molecule has 0 aliphatic carbocycles. The van der Waals surface area contributed by atoms with Crippen molar-refractivity contribution in [1.29, 1.82) is 0 Å². The van der Waals surface area contributed by atoms with Gasteiger partial charge in [-0.3, -0.25) is 14.5 Å². The first kappa shape index (κ1) is 36.1. The Morgan fingerprint density at radius 2 is 1.63 bits per heavy atom. The summed E-state index contributed by atoms with van der Waals surface area (Å²) in [6.45, 7) is 9.41. The summed E-state index contributed by atoms with van der Waals surface area (Å²) in [5.74, 6) is -3.79. The third-order valence-corrected chi connectivity index (χ3v) is 7.10. The molecule has 0 bridgehead atoms. The van der Waals surface area contributed by atoms with Crippen molar-refractivity contribution in [3.8, 4) is 0 Å². The number of carbonyl (C=O) groups is 4. The normalized spacial score (nSPS) is 16.5. The average molecular weight is 647 g/mol. The zero-order chi connectivity index (χ0) is 34.2. The van der Waals surface area contributed by atoms with Gasteiger partial charge in [-0.25, -0.2) is 14.6 Å². The van der Waals surface area contributed by atoms with Gasteiger partial charge in [-0.15, -0.1) is 0 Å². The second kappa shape index (κ2) is 15.2. The Morgan fingerprint density at radius 1 is 1.00 bits per heavy atom. The molecule has 3 amide bonds. The molecule has 250 valence electrons. The Bertz CT molecular complexity index is 1420. The summed E-state index contributed by atoms with van der Waals surface area (Å²) >= 11 is 0. The number of alkyl halides is 3. The van der Waals surface area contributed by atoms with Crippen molar-refractivity contribution >= 4 is 35.3 Å². The first-order valence-electron chi connectivity index (χ1n) is 15.1. The number of nitrogens with one attached hydrogen (secondary N) is 2. The molecule has 46 heavy (non-hydrogen) atoms. The number of carbonyl (C=O) groups excluding carboxylic acids is 4. The van der Waals surface area contributed by atoms with Crippen molar-refractivity contribution in [2.24, 2.45) is 16.8 Å². The highest BCUT2D eigenvalue weighted by Gasteiger charge is 2.37. The third kappa shape index (κ3) is 10.0. The maximum absolute atomic E-state index is 14.0. The maximum atomic E-state index is 14.0. The molecule has 0 radical (unpaired) electrons. The lowest BCUT2D eigenvalue weighted by molar-refractivity contribution is -0.148. The van der Waals surface area contributed by atoms with Crippen LogP contribution in [0.1, 0.15) is 71.9 Å². The molecule has 0 spiro atoms. The molecule has 1 aliphatic heterocycles. The van der Waals surface area contributed by atoms with Gasteiger partial charge in [-0.1, -0.05) is 69.3 Å². The SMILES string of the molecule is CC[C@@H](CCC(F)(F)F)C(=O)N[C@H]1N=C(c2ccccc2)c2ccccc2N(COC(=O)C(NC(=O)OC(C)(C)C)C(C)C)C1=O. The Balaban J connectivity index is 1.96. The summed E-state index contributed by atoms with van der Waals surface area (Å²) in [4.78, 5) is 58.7. The summed E-state index contributed by atoms with van der Waals surface area (Å²) in [6, 6.07) is 14.5. The van der Waals surface area contributed by atoms with Crippen molar-refractivity contribution in [3.63, 3.8) is 0 Å². The molecule has 13 heteroatoms. The van der Waals surface area contributed by atoms with Gasteiger partial charge in [0.15, 0.2) is 6.73 Å². The second-order valence-electron chi connectivity index (χ2n) is 12.3. The van der Waals surface area contributed by atoms with Crippen molar-refractivity contribution in [2.45, 2.75) is 84.8 Å². The van der Waals surface area contributed by atoms with Gasteiger partial charge in [-0.05, 0) is 45.6 Å². The predicted octanol–water partition coefficient (Wildman–Crippen LogP) is 5.73. The quantitative estimate of drug-likeness (QED) is 0.300. The Morgan fingerprint density at radius 3 is 2.22 bits per heavy atom.